The van der Waals surface area contributed by atoms with Gasteiger partial charge in [0.25, 0.3) is 6.01 Å². The number of H-pyrrole nitrogens is 2. The van der Waals surface area contributed by atoms with E-state index in [1.165, 1.54) is 6.92 Å². The van der Waals surface area contributed by atoms with Crippen molar-refractivity contribution in [2.24, 2.45) is 0 Å². The normalized spacial score (nSPS) is 11.4. The third-order valence-electron chi connectivity index (χ3n) is 12.0. The Bertz CT molecular complexity index is 4060. The molecule has 0 aliphatic rings. The van der Waals surface area contributed by atoms with E-state index in [1.54, 1.807) is 45.5 Å². The third kappa shape index (κ3) is 8.90. The van der Waals surface area contributed by atoms with Gasteiger partial charge >= 0.3 is 35.3 Å². The molecule has 0 unspecified atom stereocenters. The van der Waals surface area contributed by atoms with Crippen molar-refractivity contribution < 1.29 is 41.7 Å². The lowest BCUT2D eigenvalue weighted by molar-refractivity contribution is 0.0444. The van der Waals surface area contributed by atoms with Gasteiger partial charge in [0, 0.05) is 11.1 Å². The number of hydrogen-bond acceptors (Lipinski definition) is 16. The fourth-order valence-electron chi connectivity index (χ4n) is 8.64. The minimum Gasteiger partial charge on any atom is -0.465 e. The van der Waals surface area contributed by atoms with Gasteiger partial charge in [-0.25, -0.2) is 24.0 Å². The number of nitrogens with zero attached hydrogens (tertiary/aromatic N) is 6. The van der Waals surface area contributed by atoms with E-state index in [2.05, 4.69) is 20.3 Å². The number of hydrogen-bond donors (Lipinski definition) is 2. The summed E-state index contributed by atoms with van der Waals surface area (Å²) < 4.78 is 40.9. The van der Waals surface area contributed by atoms with Crippen molar-refractivity contribution in [1.29, 1.82) is 0 Å². The molecule has 2 N–H and O–H groups in total. The van der Waals surface area contributed by atoms with Crippen LogP contribution in [0.15, 0.2) is 166 Å². The van der Waals surface area contributed by atoms with Crippen molar-refractivity contribution in [3.8, 4) is 57.1 Å². The van der Waals surface area contributed by atoms with E-state index in [0.717, 1.165) is 33.4 Å². The van der Waals surface area contributed by atoms with Crippen LogP contribution >= 0.6 is 0 Å². The van der Waals surface area contributed by atoms with Crippen LogP contribution in [0.2, 0.25) is 0 Å². The molecule has 0 aliphatic carbocycles. The zero-order valence-electron chi connectivity index (χ0n) is 38.6. The molecule has 5 aromatic heterocycles. The van der Waals surface area contributed by atoms with Gasteiger partial charge in [-0.3, -0.25) is 28.1 Å². The molecule has 0 fully saturated rings. The third-order valence-corrected chi connectivity index (χ3v) is 12.0. The number of ether oxygens (including phenoxy) is 3. The van der Waals surface area contributed by atoms with Gasteiger partial charge in [-0.05, 0) is 71.5 Å². The number of aryl methyl sites for hydroxylation is 1. The number of para-hydroxylation sites is 2. The number of imidazole rings is 2. The first-order valence-electron chi connectivity index (χ1n) is 22.7. The highest BCUT2D eigenvalue weighted by Gasteiger charge is 2.26. The van der Waals surface area contributed by atoms with Crippen LogP contribution in [0.1, 0.15) is 50.3 Å². The van der Waals surface area contributed by atoms with Crippen LogP contribution < -0.4 is 26.8 Å². The molecule has 11 aromatic rings. The van der Waals surface area contributed by atoms with E-state index in [0.29, 0.717) is 45.6 Å². The largest absolute Gasteiger partial charge is 0.519 e. The SMILES string of the molecule is CCOc1nc2cccc(C(=O)Oc3nc4cccc(C(=O)OCc5oc(=O)oc5C)c4n3Cc3ccc(-c4ccccc4-c4noc(=O)[nH]4)cc3)c2n1Cc1ccc(-c2ccccc2-c2noc(=O)[nH]2)cc1. The lowest BCUT2D eigenvalue weighted by Gasteiger charge is -2.14. The van der Waals surface area contributed by atoms with Crippen molar-refractivity contribution in [2.45, 2.75) is 33.5 Å². The van der Waals surface area contributed by atoms with E-state index in [-0.39, 0.29) is 60.2 Å². The van der Waals surface area contributed by atoms with Crippen molar-refractivity contribution in [3.63, 3.8) is 0 Å². The fraction of sp³-hybridized carbons (Fsp3) is 0.113. The molecule has 0 saturated carbocycles. The Balaban J connectivity index is 0.944. The van der Waals surface area contributed by atoms with Crippen LogP contribution in [0, 0.1) is 6.92 Å². The van der Waals surface area contributed by atoms with Crippen LogP contribution in [0.5, 0.6) is 12.0 Å². The summed E-state index contributed by atoms with van der Waals surface area (Å²) in [6, 6.07) is 40.3. The van der Waals surface area contributed by atoms with Crippen LogP contribution in [0.25, 0.3) is 67.1 Å². The van der Waals surface area contributed by atoms with E-state index >= 15 is 0 Å². The molecular weight excluding hydrogens is 941 g/mol. The smallest absolute Gasteiger partial charge is 0.465 e. The topological polar surface area (TPSA) is 259 Å². The number of aromatic nitrogens is 8. The molecule has 0 aliphatic heterocycles. The maximum Gasteiger partial charge on any atom is 0.519 e. The predicted octanol–water partition coefficient (Wildman–Crippen LogP) is 8.33. The average Bonchev–Trinajstić information content (AvgIpc) is 4.25. The molecule has 0 saturated heterocycles. The molecule has 0 radical (unpaired) electrons. The maximum absolute atomic E-state index is 14.7. The highest BCUT2D eigenvalue weighted by molar-refractivity contribution is 6.05. The summed E-state index contributed by atoms with van der Waals surface area (Å²) in [5.74, 6) is -3.01. The number of rotatable bonds is 15. The Morgan fingerprint density at radius 2 is 1.07 bits per heavy atom. The van der Waals surface area contributed by atoms with Crippen LogP contribution in [-0.2, 0) is 24.4 Å². The van der Waals surface area contributed by atoms with Gasteiger partial charge in [-0.15, -0.1) is 0 Å². The molecule has 11 rings (SSSR count). The summed E-state index contributed by atoms with van der Waals surface area (Å²) in [5.41, 5.74) is 7.96. The molecule has 5 heterocycles. The number of carbonyl (C=O) groups is 2. The second-order valence-electron chi connectivity index (χ2n) is 16.5. The lowest BCUT2D eigenvalue weighted by Crippen LogP contribution is -2.16. The molecular formula is C53H38N8O12. The first-order chi connectivity index (χ1) is 35.6. The monoisotopic (exact) mass is 978 g/mol. The van der Waals surface area contributed by atoms with Gasteiger partial charge in [0.2, 0.25) is 0 Å². The van der Waals surface area contributed by atoms with Crippen molar-refractivity contribution >= 4 is 34.0 Å². The van der Waals surface area contributed by atoms with Crippen LogP contribution in [0.4, 0.5) is 0 Å². The highest BCUT2D eigenvalue weighted by atomic mass is 16.6. The summed E-state index contributed by atoms with van der Waals surface area (Å²) in [5, 5.41) is 7.75. The van der Waals surface area contributed by atoms with Gasteiger partial charge < -0.3 is 23.0 Å². The predicted molar refractivity (Wildman–Crippen MR) is 261 cm³/mol. The first kappa shape index (κ1) is 45.3. The molecule has 20 nitrogen and oxygen atoms in total. The second kappa shape index (κ2) is 19.0. The molecule has 6 aromatic carbocycles. The molecule has 0 atom stereocenters. The number of nitrogens with one attached hydrogen (secondary N) is 2. The number of benzene rings is 6. The van der Waals surface area contributed by atoms with E-state index < -0.39 is 29.3 Å². The van der Waals surface area contributed by atoms with E-state index in [4.69, 9.17) is 42.1 Å². The molecule has 0 amide bonds. The van der Waals surface area contributed by atoms with Crippen LogP contribution in [0.3, 0.4) is 0 Å². The number of aromatic amines is 2. The fourth-order valence-corrected chi connectivity index (χ4v) is 8.64. The summed E-state index contributed by atoms with van der Waals surface area (Å²) in [6.07, 6.45) is 0. The van der Waals surface area contributed by atoms with Gasteiger partial charge in [-0.1, -0.05) is 120 Å². The number of carbonyl (C=O) groups excluding carboxylic acids is 2. The summed E-state index contributed by atoms with van der Waals surface area (Å²) in [6.45, 7) is 3.57. The van der Waals surface area contributed by atoms with Gasteiger partial charge in [0.15, 0.2) is 29.8 Å². The Morgan fingerprint density at radius 1 is 0.575 bits per heavy atom. The molecule has 0 spiro atoms. The van der Waals surface area contributed by atoms with Crippen LogP contribution in [-0.4, -0.2) is 57.9 Å². The number of esters is 2. The highest BCUT2D eigenvalue weighted by Crippen LogP contribution is 2.34. The quantitative estimate of drug-likeness (QED) is 0.0915. The van der Waals surface area contributed by atoms with Crippen molar-refractivity contribution in [1.82, 2.24) is 39.4 Å². The van der Waals surface area contributed by atoms with E-state index in [9.17, 15) is 24.0 Å². The zero-order chi connectivity index (χ0) is 50.2. The van der Waals surface area contributed by atoms with Crippen molar-refractivity contribution in [3.05, 3.63) is 199 Å². The second-order valence-corrected chi connectivity index (χ2v) is 16.5. The van der Waals surface area contributed by atoms with Gasteiger partial charge in [0.1, 0.15) is 0 Å². The summed E-state index contributed by atoms with van der Waals surface area (Å²) in [7, 11) is 0. The lowest BCUT2D eigenvalue weighted by atomic mass is 9.98. The van der Waals surface area contributed by atoms with Gasteiger partial charge in [0.05, 0.1) is 52.9 Å². The maximum atomic E-state index is 14.7. The molecule has 362 valence electrons. The molecule has 73 heavy (non-hydrogen) atoms. The van der Waals surface area contributed by atoms with Crippen molar-refractivity contribution in [2.75, 3.05) is 6.61 Å². The first-order valence-corrected chi connectivity index (χ1v) is 22.7. The Kier molecular flexibility index (Phi) is 11.8. The Labute approximate surface area is 410 Å². The summed E-state index contributed by atoms with van der Waals surface area (Å²) in [4.78, 5) is 78.7. The summed E-state index contributed by atoms with van der Waals surface area (Å²) >= 11 is 0. The molecule has 0 bridgehead atoms. The minimum absolute atomic E-state index is 0.0488. The van der Waals surface area contributed by atoms with Gasteiger partial charge in [-0.2, -0.15) is 9.97 Å². The Morgan fingerprint density at radius 3 is 1.55 bits per heavy atom. The minimum atomic E-state index is -0.928. The molecule has 20 heteroatoms. The van der Waals surface area contributed by atoms with E-state index in [1.807, 2.05) is 104 Å². The Hall–Kier alpha value is -10.1. The number of fused-ring (bicyclic) bond motifs is 2. The zero-order valence-corrected chi connectivity index (χ0v) is 38.6. The average molecular weight is 979 g/mol. The standard InChI is InChI=1S/C53H38N8O12/c1-3-67-49-54-40-16-9-15-39(44(40)60(49)26-30-18-22-32(23-19-30)34-10-4-6-12-36(34)45-56-51(64)72-58-45)48(63)71-50-55-41-17-8-14-38(47(62)68-28-42-29(2)69-53(66)70-42)43(41)61(50)27-31-20-24-33(25-21-31)35-11-5-7-13-37(35)46-57-52(65)73-59-46/h4-25H,3,26-28H2,1-2H3,(H,56,58,64)(H,57,59,65).